The Balaban J connectivity index is 2.66. The summed E-state index contributed by atoms with van der Waals surface area (Å²) < 4.78 is 17.5. The molecule has 0 fully saturated rings. The van der Waals surface area contributed by atoms with E-state index in [1.54, 1.807) is 17.0 Å². The molecular weight excluding hydrogens is 384 g/mol. The van der Waals surface area contributed by atoms with Gasteiger partial charge in [-0.05, 0) is 18.0 Å². The number of aromatic nitrogens is 1. The number of allylic oxidation sites excluding steroid dienone is 3. The predicted octanol–water partition coefficient (Wildman–Crippen LogP) is 2.49. The second-order valence-electron chi connectivity index (χ2n) is 6.28. The molecule has 0 bridgehead atoms. The highest BCUT2D eigenvalue weighted by Gasteiger charge is 2.26. The minimum absolute atomic E-state index is 0.0880. The Morgan fingerprint density at radius 1 is 1.10 bits per heavy atom. The Morgan fingerprint density at radius 2 is 1.67 bits per heavy atom. The highest BCUT2D eigenvalue weighted by molar-refractivity contribution is 6.22. The first kappa shape index (κ1) is 22.2. The van der Waals surface area contributed by atoms with Crippen molar-refractivity contribution >= 4 is 23.0 Å². The summed E-state index contributed by atoms with van der Waals surface area (Å²) in [4.78, 5) is 15.3. The van der Waals surface area contributed by atoms with Crippen LogP contribution in [0.5, 0.6) is 17.2 Å². The van der Waals surface area contributed by atoms with Crippen LogP contribution in [0.1, 0.15) is 10.4 Å². The average Bonchev–Trinajstić information content (AvgIpc) is 2.78. The number of carbonyl (C=O) groups excluding carboxylic acids is 1. The van der Waals surface area contributed by atoms with E-state index in [2.05, 4.69) is 0 Å². The molecule has 2 aromatic rings. The van der Waals surface area contributed by atoms with Crippen molar-refractivity contribution in [3.8, 4) is 23.3 Å². The number of ketones is 1. The van der Waals surface area contributed by atoms with Crippen molar-refractivity contribution in [2.24, 2.45) is 0 Å². The van der Waals surface area contributed by atoms with Crippen LogP contribution in [0.2, 0.25) is 0 Å². The predicted molar refractivity (Wildman–Crippen MR) is 113 cm³/mol. The van der Waals surface area contributed by atoms with E-state index in [4.69, 9.17) is 19.6 Å². The van der Waals surface area contributed by atoms with E-state index in [0.29, 0.717) is 17.2 Å². The van der Waals surface area contributed by atoms with Gasteiger partial charge in [-0.1, -0.05) is 0 Å². The molecule has 0 unspecified atom stereocenters. The summed E-state index contributed by atoms with van der Waals surface area (Å²) in [5.74, 6) is 2.66. The molecule has 1 N–H and O–H groups in total. The zero-order valence-electron chi connectivity index (χ0n) is 17.5. The summed E-state index contributed by atoms with van der Waals surface area (Å²) in [5, 5.41) is 16.5. The van der Waals surface area contributed by atoms with Gasteiger partial charge < -0.3 is 19.1 Å². The highest BCUT2D eigenvalue weighted by atomic mass is 16.5. The molecule has 2 rings (SSSR count). The Bertz CT molecular complexity index is 1030. The maximum Gasteiger partial charge on any atom is 0.260 e. The summed E-state index contributed by atoms with van der Waals surface area (Å²) in [6.07, 6.45) is 4.72. The number of methoxy groups -OCH3 is 3. The van der Waals surface area contributed by atoms with Gasteiger partial charge in [0.05, 0.1) is 21.3 Å². The monoisotopic (exact) mass is 407 g/mol. The molecule has 0 saturated heterocycles. The fourth-order valence-electron chi connectivity index (χ4n) is 2.73. The molecule has 8 nitrogen and oxygen atoms in total. The van der Waals surface area contributed by atoms with E-state index in [0.717, 1.165) is 5.69 Å². The van der Waals surface area contributed by atoms with Gasteiger partial charge in [-0.3, -0.25) is 10.2 Å². The van der Waals surface area contributed by atoms with Crippen LogP contribution >= 0.6 is 0 Å². The van der Waals surface area contributed by atoms with E-state index in [1.807, 2.05) is 43.1 Å². The van der Waals surface area contributed by atoms with Crippen LogP contribution in [0.25, 0.3) is 5.70 Å². The standard InChI is InChI=1S/C22H23N4O4/c1-25(2)17-6-8-26(9-7-17)18(10-15(13-23)14-24)21(27)16-11-19(28-3)22(30-5)20(12-16)29-4/h6-12,23H,1-5H3/q+1. The number of nitrogens with one attached hydrogen (secondary N) is 1. The Hall–Kier alpha value is -4.08. The minimum Gasteiger partial charge on any atom is -0.493 e. The van der Waals surface area contributed by atoms with E-state index >= 15 is 0 Å². The molecule has 1 aromatic heterocycles. The van der Waals surface area contributed by atoms with Crippen LogP contribution in [0.4, 0.5) is 5.69 Å². The minimum atomic E-state index is -0.403. The topological polar surface area (TPSA) is 99.5 Å². The fourth-order valence-corrected chi connectivity index (χ4v) is 2.73. The van der Waals surface area contributed by atoms with E-state index in [-0.39, 0.29) is 16.8 Å². The van der Waals surface area contributed by atoms with Crippen LogP contribution in [-0.4, -0.2) is 47.1 Å². The van der Waals surface area contributed by atoms with Crippen LogP contribution < -0.4 is 23.7 Å². The maximum absolute atomic E-state index is 13.4. The molecule has 0 radical (unpaired) electrons. The van der Waals surface area contributed by atoms with Gasteiger partial charge >= 0.3 is 0 Å². The quantitative estimate of drug-likeness (QED) is 0.180. The SMILES string of the molecule is COc1cc(C(=O)C(=CC(=C=N)C#N)[n+]2ccc(N(C)C)cc2)cc(OC)c1OC. The van der Waals surface area contributed by atoms with E-state index in [1.165, 1.54) is 39.5 Å². The Morgan fingerprint density at radius 3 is 2.07 bits per heavy atom. The maximum atomic E-state index is 13.4. The Labute approximate surface area is 175 Å². The normalized spacial score (nSPS) is 10.5. The van der Waals surface area contributed by atoms with Gasteiger partial charge in [0, 0.05) is 43.6 Å². The lowest BCUT2D eigenvalue weighted by Crippen LogP contribution is -2.36. The zero-order chi connectivity index (χ0) is 22.3. The first-order chi connectivity index (χ1) is 14.4. The van der Waals surface area contributed by atoms with Crippen LogP contribution in [-0.2, 0) is 0 Å². The molecule has 1 aromatic carbocycles. The van der Waals surface area contributed by atoms with E-state index in [9.17, 15) is 10.1 Å². The van der Waals surface area contributed by atoms with Crippen molar-refractivity contribution in [3.63, 3.8) is 0 Å². The Kier molecular flexibility index (Phi) is 7.34. The van der Waals surface area contributed by atoms with Gasteiger partial charge in [-0.2, -0.15) is 9.83 Å². The van der Waals surface area contributed by atoms with Gasteiger partial charge in [0.25, 0.3) is 11.5 Å². The van der Waals surface area contributed by atoms with Crippen LogP contribution in [0.15, 0.2) is 48.3 Å². The van der Waals surface area contributed by atoms with Crippen molar-refractivity contribution in [3.05, 3.63) is 53.9 Å². The van der Waals surface area contributed by atoms with Gasteiger partial charge in [0.1, 0.15) is 11.6 Å². The lowest BCUT2D eigenvalue weighted by Gasteiger charge is -2.14. The van der Waals surface area contributed by atoms with Crippen molar-refractivity contribution in [2.75, 3.05) is 40.3 Å². The molecule has 0 aliphatic heterocycles. The van der Waals surface area contributed by atoms with Crippen molar-refractivity contribution in [2.45, 2.75) is 0 Å². The summed E-state index contributed by atoms with van der Waals surface area (Å²) in [6.45, 7) is 0. The van der Waals surface area contributed by atoms with Crippen molar-refractivity contribution in [1.82, 2.24) is 0 Å². The van der Waals surface area contributed by atoms with Gasteiger partial charge in [0.15, 0.2) is 23.9 Å². The van der Waals surface area contributed by atoms with Crippen LogP contribution in [0, 0.1) is 16.7 Å². The molecule has 154 valence electrons. The molecule has 30 heavy (non-hydrogen) atoms. The van der Waals surface area contributed by atoms with Gasteiger partial charge in [-0.25, -0.2) is 0 Å². The number of anilines is 1. The lowest BCUT2D eigenvalue weighted by atomic mass is 10.0. The average molecular weight is 407 g/mol. The molecule has 0 spiro atoms. The third kappa shape index (κ3) is 4.66. The third-order valence-electron chi connectivity index (χ3n) is 4.30. The fraction of sp³-hybridized carbons (Fsp3) is 0.227. The number of ether oxygens (including phenoxy) is 3. The number of carbonyl (C=O) groups is 1. The van der Waals surface area contributed by atoms with Gasteiger partial charge in [-0.15, -0.1) is 0 Å². The largest absolute Gasteiger partial charge is 0.493 e. The summed E-state index contributed by atoms with van der Waals surface area (Å²) in [5.41, 5.74) is 1.28. The smallest absolute Gasteiger partial charge is 0.260 e. The second kappa shape index (κ2) is 9.92. The number of nitrogens with zero attached hydrogens (tertiary/aromatic N) is 3. The molecule has 0 aliphatic carbocycles. The number of benzene rings is 1. The number of rotatable bonds is 8. The lowest BCUT2D eigenvalue weighted by molar-refractivity contribution is -0.576. The summed E-state index contributed by atoms with van der Waals surface area (Å²) >= 11 is 0. The van der Waals surface area contributed by atoms with Gasteiger partial charge in [0.2, 0.25) is 5.75 Å². The van der Waals surface area contributed by atoms with Crippen molar-refractivity contribution in [1.29, 1.82) is 10.7 Å². The molecule has 0 saturated carbocycles. The third-order valence-corrected chi connectivity index (χ3v) is 4.30. The molecule has 0 atom stereocenters. The summed E-state index contributed by atoms with van der Waals surface area (Å²) in [6, 6.07) is 8.58. The van der Waals surface area contributed by atoms with Crippen LogP contribution in [0.3, 0.4) is 0 Å². The summed E-state index contributed by atoms with van der Waals surface area (Å²) in [7, 11) is 8.21. The molecule has 1 heterocycles. The first-order valence-corrected chi connectivity index (χ1v) is 8.85. The molecular formula is C22H23N4O4+. The van der Waals surface area contributed by atoms with E-state index < -0.39 is 5.78 Å². The zero-order valence-corrected chi connectivity index (χ0v) is 17.5. The first-order valence-electron chi connectivity index (χ1n) is 8.85. The molecule has 8 heteroatoms. The number of hydrogen-bond donors (Lipinski definition) is 1. The number of pyridine rings is 1. The number of hydrogen-bond acceptors (Lipinski definition) is 7. The molecule has 0 aliphatic rings. The number of Topliss-reactive ketones (excluding diaryl/α,β-unsaturated/α-hetero) is 1. The van der Waals surface area contributed by atoms with Crippen molar-refractivity contribution < 1.29 is 23.6 Å². The second-order valence-corrected chi connectivity index (χ2v) is 6.28. The highest BCUT2D eigenvalue weighted by Crippen LogP contribution is 2.38. The number of nitriles is 1. The molecule has 0 amide bonds.